The first-order valence-corrected chi connectivity index (χ1v) is 13.7. The summed E-state index contributed by atoms with van der Waals surface area (Å²) in [5.41, 5.74) is 3.05. The van der Waals surface area contributed by atoms with E-state index in [0.29, 0.717) is 25.3 Å². The number of aryl methyl sites for hydroxylation is 1. The third kappa shape index (κ3) is 7.01. The number of carbonyl (C=O) groups excluding carboxylic acids is 2. The predicted molar refractivity (Wildman–Crippen MR) is 156 cm³/mol. The monoisotopic (exact) mass is 572 g/mol. The molecule has 0 saturated heterocycles. The molecule has 1 N–H and O–H groups in total. The van der Waals surface area contributed by atoms with Gasteiger partial charge in [-0.15, -0.1) is 0 Å². The van der Waals surface area contributed by atoms with E-state index in [1.54, 1.807) is 4.90 Å². The molecule has 0 radical (unpaired) electrons. The van der Waals surface area contributed by atoms with Gasteiger partial charge in [0, 0.05) is 19.5 Å². The third-order valence-electron chi connectivity index (χ3n) is 6.43. The molecule has 1 unspecified atom stereocenters. The molecule has 196 valence electrons. The van der Waals surface area contributed by atoms with Gasteiger partial charge in [-0.05, 0) is 57.2 Å². The summed E-state index contributed by atoms with van der Waals surface area (Å²) in [4.78, 5) is 28.9. The van der Waals surface area contributed by atoms with Crippen LogP contribution < -0.4 is 10.1 Å². The second-order valence-electron chi connectivity index (χ2n) is 9.39. The Morgan fingerprint density at radius 1 is 0.921 bits per heavy atom. The number of hydrogen-bond donors (Lipinski definition) is 1. The molecule has 38 heavy (non-hydrogen) atoms. The predicted octanol–water partition coefficient (Wildman–Crippen LogP) is 6.46. The molecule has 0 aliphatic heterocycles. The van der Waals surface area contributed by atoms with Gasteiger partial charge in [-0.1, -0.05) is 97.4 Å². The van der Waals surface area contributed by atoms with Crippen molar-refractivity contribution in [2.45, 2.75) is 39.3 Å². The van der Waals surface area contributed by atoms with Gasteiger partial charge in [0.2, 0.25) is 5.91 Å². The van der Waals surface area contributed by atoms with Crippen molar-refractivity contribution in [3.05, 3.63) is 112 Å². The molecule has 6 heteroatoms. The van der Waals surface area contributed by atoms with Crippen molar-refractivity contribution in [1.29, 1.82) is 0 Å². The van der Waals surface area contributed by atoms with Gasteiger partial charge in [0.15, 0.2) is 6.61 Å². The van der Waals surface area contributed by atoms with Crippen LogP contribution in [0, 0.1) is 6.92 Å². The number of halogens is 1. The summed E-state index contributed by atoms with van der Waals surface area (Å²) >= 11 is 3.64. The van der Waals surface area contributed by atoms with E-state index in [0.717, 1.165) is 38.4 Å². The van der Waals surface area contributed by atoms with Gasteiger partial charge in [-0.25, -0.2) is 0 Å². The van der Waals surface area contributed by atoms with E-state index in [2.05, 4.69) is 21.2 Å². The van der Waals surface area contributed by atoms with E-state index in [1.807, 2.05) is 105 Å². The molecule has 4 aromatic carbocycles. The number of ether oxygens (including phenoxy) is 1. The summed E-state index contributed by atoms with van der Waals surface area (Å²) in [7, 11) is 0. The molecule has 4 aromatic rings. The van der Waals surface area contributed by atoms with Crippen molar-refractivity contribution in [1.82, 2.24) is 10.2 Å². The molecular formula is C32H33BrN2O3. The van der Waals surface area contributed by atoms with Gasteiger partial charge in [-0.3, -0.25) is 9.59 Å². The van der Waals surface area contributed by atoms with Crippen LogP contribution in [-0.4, -0.2) is 35.9 Å². The number of nitrogens with one attached hydrogen (secondary N) is 1. The first-order chi connectivity index (χ1) is 18.5. The minimum atomic E-state index is -0.680. The molecule has 0 bridgehead atoms. The quantitative estimate of drug-likeness (QED) is 0.224. The van der Waals surface area contributed by atoms with Crippen molar-refractivity contribution >= 4 is 38.5 Å². The summed E-state index contributed by atoms with van der Waals surface area (Å²) < 4.78 is 6.84. The average Bonchev–Trinajstić information content (AvgIpc) is 2.94. The molecule has 0 spiro atoms. The second-order valence-corrected chi connectivity index (χ2v) is 10.2. The Kier molecular flexibility index (Phi) is 9.55. The lowest BCUT2D eigenvalue weighted by Crippen LogP contribution is -2.51. The maximum atomic E-state index is 13.8. The van der Waals surface area contributed by atoms with Gasteiger partial charge >= 0.3 is 0 Å². The molecule has 0 heterocycles. The minimum absolute atomic E-state index is 0.163. The molecule has 0 aromatic heterocycles. The van der Waals surface area contributed by atoms with E-state index in [1.165, 1.54) is 0 Å². The van der Waals surface area contributed by atoms with E-state index in [9.17, 15) is 9.59 Å². The summed E-state index contributed by atoms with van der Waals surface area (Å²) in [6.45, 7) is 4.70. The largest absolute Gasteiger partial charge is 0.483 e. The zero-order chi connectivity index (χ0) is 26.9. The fraction of sp³-hybridized carbons (Fsp3) is 0.250. The standard InChI is InChI=1S/C32H33BrN2O3/c1-3-18-34-32(37)28(20-24-11-5-4-6-12-24)35(21-25-13-9-10-23(2)19-25)30(36)22-38-29-17-16-26-14-7-8-15-27(26)31(29)33/h4-17,19,28H,3,18,20-22H2,1-2H3,(H,34,37). The maximum absolute atomic E-state index is 13.8. The van der Waals surface area contributed by atoms with E-state index in [-0.39, 0.29) is 18.4 Å². The first-order valence-electron chi connectivity index (χ1n) is 12.9. The lowest BCUT2D eigenvalue weighted by Gasteiger charge is -2.31. The smallest absolute Gasteiger partial charge is 0.261 e. The summed E-state index contributed by atoms with van der Waals surface area (Å²) in [5.74, 6) is 0.172. The van der Waals surface area contributed by atoms with Crippen LogP contribution in [0.2, 0.25) is 0 Å². The highest BCUT2D eigenvalue weighted by Gasteiger charge is 2.30. The number of hydrogen-bond acceptors (Lipinski definition) is 3. The van der Waals surface area contributed by atoms with Crippen molar-refractivity contribution < 1.29 is 14.3 Å². The number of rotatable bonds is 11. The fourth-order valence-electron chi connectivity index (χ4n) is 4.47. The van der Waals surface area contributed by atoms with Gasteiger partial charge in [0.25, 0.3) is 5.91 Å². The van der Waals surface area contributed by atoms with Crippen LogP contribution in [0.4, 0.5) is 0 Å². The molecule has 0 aliphatic carbocycles. The molecule has 0 aliphatic rings. The van der Waals surface area contributed by atoms with Crippen LogP contribution in [-0.2, 0) is 22.6 Å². The normalized spacial score (nSPS) is 11.7. The maximum Gasteiger partial charge on any atom is 0.261 e. The van der Waals surface area contributed by atoms with E-state index in [4.69, 9.17) is 4.74 Å². The highest BCUT2D eigenvalue weighted by Crippen LogP contribution is 2.33. The number of carbonyl (C=O) groups is 2. The zero-order valence-corrected chi connectivity index (χ0v) is 23.4. The van der Waals surface area contributed by atoms with Crippen LogP contribution in [0.5, 0.6) is 5.75 Å². The number of amides is 2. The molecule has 4 rings (SSSR count). The van der Waals surface area contributed by atoms with E-state index < -0.39 is 6.04 Å². The highest BCUT2D eigenvalue weighted by atomic mass is 79.9. The molecule has 5 nitrogen and oxygen atoms in total. The Morgan fingerprint density at radius 3 is 2.42 bits per heavy atom. The van der Waals surface area contributed by atoms with E-state index >= 15 is 0 Å². The number of fused-ring (bicyclic) bond motifs is 1. The minimum Gasteiger partial charge on any atom is -0.483 e. The fourth-order valence-corrected chi connectivity index (χ4v) is 5.08. The Balaban J connectivity index is 1.63. The van der Waals surface area contributed by atoms with Crippen molar-refractivity contribution in [3.63, 3.8) is 0 Å². The lowest BCUT2D eigenvalue weighted by atomic mass is 10.0. The van der Waals surface area contributed by atoms with Gasteiger partial charge in [0.1, 0.15) is 11.8 Å². The molecular weight excluding hydrogens is 540 g/mol. The van der Waals surface area contributed by atoms with Crippen LogP contribution in [0.15, 0.2) is 95.5 Å². The Morgan fingerprint density at radius 2 is 1.66 bits per heavy atom. The van der Waals surface area contributed by atoms with Crippen LogP contribution in [0.1, 0.15) is 30.0 Å². The molecule has 0 saturated carbocycles. The van der Waals surface area contributed by atoms with Crippen molar-refractivity contribution in [3.8, 4) is 5.75 Å². The lowest BCUT2D eigenvalue weighted by molar-refractivity contribution is -0.142. The summed E-state index contributed by atoms with van der Waals surface area (Å²) in [6, 6.07) is 29.0. The van der Waals surface area contributed by atoms with Gasteiger partial charge < -0.3 is 15.0 Å². The molecule has 1 atom stereocenters. The highest BCUT2D eigenvalue weighted by molar-refractivity contribution is 9.10. The first kappa shape index (κ1) is 27.4. The van der Waals surface area contributed by atoms with Crippen LogP contribution >= 0.6 is 15.9 Å². The number of nitrogens with zero attached hydrogens (tertiary/aromatic N) is 1. The second kappa shape index (κ2) is 13.2. The van der Waals surface area contributed by atoms with Gasteiger partial charge in [0.05, 0.1) is 4.47 Å². The topological polar surface area (TPSA) is 58.6 Å². The summed E-state index contributed by atoms with van der Waals surface area (Å²) in [5, 5.41) is 5.09. The SMILES string of the molecule is CCCNC(=O)C(Cc1ccccc1)N(Cc1cccc(C)c1)C(=O)COc1ccc2ccccc2c1Br. The molecule has 2 amide bonds. The third-order valence-corrected chi connectivity index (χ3v) is 7.25. The average molecular weight is 574 g/mol. The van der Waals surface area contributed by atoms with Crippen molar-refractivity contribution in [2.24, 2.45) is 0 Å². The zero-order valence-electron chi connectivity index (χ0n) is 21.8. The van der Waals surface area contributed by atoms with Crippen LogP contribution in [0.25, 0.3) is 10.8 Å². The Hall–Kier alpha value is -3.64. The molecule has 0 fully saturated rings. The Labute approximate surface area is 232 Å². The Bertz CT molecular complexity index is 1390. The van der Waals surface area contributed by atoms with Crippen molar-refractivity contribution in [2.75, 3.05) is 13.2 Å². The summed E-state index contributed by atoms with van der Waals surface area (Å²) in [6.07, 6.45) is 1.22. The van der Waals surface area contributed by atoms with Crippen LogP contribution in [0.3, 0.4) is 0 Å². The van der Waals surface area contributed by atoms with Gasteiger partial charge in [-0.2, -0.15) is 0 Å². The number of benzene rings is 4.